The van der Waals surface area contributed by atoms with E-state index < -0.39 is 16.4 Å². The summed E-state index contributed by atoms with van der Waals surface area (Å²) in [6.07, 6.45) is 0.404. The molecule has 1 aromatic heterocycles. The predicted molar refractivity (Wildman–Crippen MR) is 131 cm³/mol. The topological polar surface area (TPSA) is 143 Å². The smallest absolute Gasteiger partial charge is 0.281 e. The Labute approximate surface area is 210 Å². The molecule has 3 aromatic rings. The number of benzene rings is 2. The maximum absolute atomic E-state index is 13.1. The van der Waals surface area contributed by atoms with Gasteiger partial charge in [-0.2, -0.15) is 5.26 Å². The molecule has 0 bridgehead atoms. The van der Waals surface area contributed by atoms with E-state index in [1.54, 1.807) is 19.2 Å². The predicted octanol–water partition coefficient (Wildman–Crippen LogP) is 5.83. The Kier molecular flexibility index (Phi) is 7.80. The van der Waals surface area contributed by atoms with Gasteiger partial charge in [0.1, 0.15) is 23.1 Å². The third-order valence-corrected chi connectivity index (χ3v) is 6.22. The molecule has 1 heterocycles. The van der Waals surface area contributed by atoms with Gasteiger partial charge < -0.3 is 9.84 Å². The van der Waals surface area contributed by atoms with Crippen LogP contribution in [0.5, 0.6) is 11.6 Å². The van der Waals surface area contributed by atoms with Crippen LogP contribution in [0, 0.1) is 28.4 Å². The number of azo groups is 1. The Morgan fingerprint density at radius 1 is 1.18 bits per heavy atom. The fraction of sp³-hybridized carbons (Fsp3) is 0.182. The minimum Gasteiger partial charge on any atom is -0.497 e. The van der Waals surface area contributed by atoms with E-state index in [9.17, 15) is 25.3 Å². The molecule has 0 aliphatic rings. The fourth-order valence-corrected chi connectivity index (χ4v) is 4.47. The Hall–Kier alpha value is -3.56. The molecule has 10 nitrogen and oxygen atoms in total. The molecule has 0 radical (unpaired) electrons. The van der Waals surface area contributed by atoms with Gasteiger partial charge in [0.2, 0.25) is 5.88 Å². The second kappa shape index (κ2) is 10.6. The molecule has 2 aromatic carbocycles. The van der Waals surface area contributed by atoms with Crippen molar-refractivity contribution in [3.63, 3.8) is 0 Å². The van der Waals surface area contributed by atoms with Crippen LogP contribution >= 0.6 is 31.9 Å². The van der Waals surface area contributed by atoms with Gasteiger partial charge in [0, 0.05) is 24.2 Å². The molecule has 34 heavy (non-hydrogen) atoms. The van der Waals surface area contributed by atoms with Crippen LogP contribution in [0.4, 0.5) is 17.1 Å². The summed E-state index contributed by atoms with van der Waals surface area (Å²) in [5.74, 6) is 0.243. The van der Waals surface area contributed by atoms with E-state index >= 15 is 0 Å². The van der Waals surface area contributed by atoms with Gasteiger partial charge in [-0.05, 0) is 62.9 Å². The van der Waals surface area contributed by atoms with E-state index in [4.69, 9.17) is 4.74 Å². The number of aromatic nitrogens is 1. The van der Waals surface area contributed by atoms with Crippen LogP contribution in [-0.4, -0.2) is 21.7 Å². The number of nitriles is 1. The summed E-state index contributed by atoms with van der Waals surface area (Å²) in [7, 11) is 1.56. The van der Waals surface area contributed by atoms with Crippen LogP contribution in [-0.2, 0) is 13.0 Å². The largest absolute Gasteiger partial charge is 0.497 e. The van der Waals surface area contributed by atoms with E-state index in [0.29, 0.717) is 12.2 Å². The highest BCUT2D eigenvalue weighted by molar-refractivity contribution is 9.11. The van der Waals surface area contributed by atoms with Crippen LogP contribution in [0.15, 0.2) is 60.4 Å². The lowest BCUT2D eigenvalue weighted by Crippen LogP contribution is -2.22. The highest BCUT2D eigenvalue weighted by atomic mass is 79.9. The molecule has 0 aliphatic heterocycles. The monoisotopic (exact) mass is 589 g/mol. The van der Waals surface area contributed by atoms with E-state index in [1.807, 2.05) is 18.2 Å². The molecule has 1 N–H and O–H groups in total. The number of aromatic hydroxyl groups is 1. The van der Waals surface area contributed by atoms with Gasteiger partial charge in [0.25, 0.3) is 11.2 Å². The van der Waals surface area contributed by atoms with Gasteiger partial charge in [-0.3, -0.25) is 19.5 Å². The normalized spacial score (nSPS) is 10.9. The standard InChI is InChI=1S/C22H17Br2N5O5/c1-12-16(11-25)21(30)28(8-7-13-3-5-15(34-2)6-4-13)22(31)19(12)26-27-20-17(23)9-14(29(32)33)10-18(20)24/h3-6,9-10,30H,7-8H2,1-2H3. The third-order valence-electron chi connectivity index (χ3n) is 5.01. The number of methoxy groups -OCH3 is 1. The molecule has 0 unspecified atom stereocenters. The van der Waals surface area contributed by atoms with E-state index in [1.165, 1.54) is 19.1 Å². The first-order valence-corrected chi connectivity index (χ1v) is 11.3. The number of hydrogen-bond donors (Lipinski definition) is 1. The zero-order valence-corrected chi connectivity index (χ0v) is 21.1. The number of non-ortho nitro benzene ring substituents is 1. The van der Waals surface area contributed by atoms with Gasteiger partial charge in [0.15, 0.2) is 5.69 Å². The molecule has 0 atom stereocenters. The molecule has 0 amide bonds. The first-order valence-electron chi connectivity index (χ1n) is 9.72. The van der Waals surface area contributed by atoms with Gasteiger partial charge in [0.05, 0.1) is 21.0 Å². The van der Waals surface area contributed by atoms with Gasteiger partial charge in [-0.15, -0.1) is 10.2 Å². The highest BCUT2D eigenvalue weighted by Gasteiger charge is 2.20. The van der Waals surface area contributed by atoms with Crippen molar-refractivity contribution in [3.8, 4) is 17.7 Å². The zero-order chi connectivity index (χ0) is 25.0. The van der Waals surface area contributed by atoms with Crippen molar-refractivity contribution >= 4 is 48.9 Å². The third kappa shape index (κ3) is 5.16. The van der Waals surface area contributed by atoms with Crippen molar-refractivity contribution < 1.29 is 14.8 Å². The number of nitro benzene ring substituents is 1. The number of pyridine rings is 1. The molecule has 0 aliphatic carbocycles. The number of hydrogen-bond acceptors (Lipinski definition) is 8. The molecule has 0 saturated carbocycles. The number of nitrogens with zero attached hydrogens (tertiary/aromatic N) is 5. The molecule has 0 saturated heterocycles. The summed E-state index contributed by atoms with van der Waals surface area (Å²) in [5.41, 5.74) is 0.287. The minimum atomic E-state index is -0.625. The lowest BCUT2D eigenvalue weighted by atomic mass is 10.1. The first kappa shape index (κ1) is 25.1. The van der Waals surface area contributed by atoms with Crippen LogP contribution in [0.25, 0.3) is 0 Å². The molecular weight excluding hydrogens is 574 g/mol. The lowest BCUT2D eigenvalue weighted by molar-refractivity contribution is -0.385. The van der Waals surface area contributed by atoms with Crippen LogP contribution in [0.2, 0.25) is 0 Å². The maximum atomic E-state index is 13.1. The van der Waals surface area contributed by atoms with Gasteiger partial charge in [-0.25, -0.2) is 0 Å². The second-order valence-corrected chi connectivity index (χ2v) is 8.76. The van der Waals surface area contributed by atoms with Crippen molar-refractivity contribution in [1.82, 2.24) is 4.57 Å². The number of aryl methyl sites for hydroxylation is 1. The van der Waals surface area contributed by atoms with Crippen molar-refractivity contribution in [2.24, 2.45) is 10.2 Å². The van der Waals surface area contributed by atoms with Crippen LogP contribution in [0.1, 0.15) is 16.7 Å². The Bertz CT molecular complexity index is 1370. The fourth-order valence-electron chi connectivity index (χ4n) is 3.15. The quantitative estimate of drug-likeness (QED) is 0.208. The maximum Gasteiger partial charge on any atom is 0.281 e. The van der Waals surface area contributed by atoms with Gasteiger partial charge in [-0.1, -0.05) is 12.1 Å². The molecule has 12 heteroatoms. The summed E-state index contributed by atoms with van der Waals surface area (Å²) in [6, 6.07) is 11.7. The average Bonchev–Trinajstić information content (AvgIpc) is 2.80. The summed E-state index contributed by atoms with van der Waals surface area (Å²) in [5, 5.41) is 39.2. The number of ether oxygens (including phenoxy) is 1. The van der Waals surface area contributed by atoms with Crippen molar-refractivity contribution in [2.75, 3.05) is 7.11 Å². The van der Waals surface area contributed by atoms with Gasteiger partial charge >= 0.3 is 0 Å². The summed E-state index contributed by atoms with van der Waals surface area (Å²) in [6.45, 7) is 1.58. The van der Waals surface area contributed by atoms with E-state index in [-0.39, 0.29) is 43.7 Å². The number of rotatable bonds is 7. The molecule has 174 valence electrons. The molecular formula is C22H17Br2N5O5. The molecule has 3 rings (SSSR count). The van der Waals surface area contributed by atoms with Crippen molar-refractivity contribution in [2.45, 2.75) is 19.9 Å². The average molecular weight is 591 g/mol. The van der Waals surface area contributed by atoms with Crippen molar-refractivity contribution in [3.05, 3.63) is 82.5 Å². The summed E-state index contributed by atoms with van der Waals surface area (Å²) >= 11 is 6.44. The number of nitro groups is 1. The summed E-state index contributed by atoms with van der Waals surface area (Å²) in [4.78, 5) is 23.6. The van der Waals surface area contributed by atoms with Crippen LogP contribution in [0.3, 0.4) is 0 Å². The zero-order valence-electron chi connectivity index (χ0n) is 18.0. The second-order valence-electron chi connectivity index (χ2n) is 7.05. The van der Waals surface area contributed by atoms with E-state index in [2.05, 4.69) is 42.1 Å². The SMILES string of the molecule is COc1ccc(CCn2c(O)c(C#N)c(C)c(N=Nc3c(Br)cc([N+](=O)[O-])cc3Br)c2=O)cc1. The lowest BCUT2D eigenvalue weighted by Gasteiger charge is -2.13. The van der Waals surface area contributed by atoms with E-state index in [0.717, 1.165) is 10.1 Å². The van der Waals surface area contributed by atoms with Crippen LogP contribution < -0.4 is 10.3 Å². The summed E-state index contributed by atoms with van der Waals surface area (Å²) < 4.78 is 6.78. The number of halogens is 2. The first-order chi connectivity index (χ1) is 16.2. The molecule has 0 spiro atoms. The minimum absolute atomic E-state index is 0.0925. The Balaban J connectivity index is 2.02. The Morgan fingerprint density at radius 3 is 2.29 bits per heavy atom. The Morgan fingerprint density at radius 2 is 1.76 bits per heavy atom. The molecule has 0 fully saturated rings. The highest BCUT2D eigenvalue weighted by Crippen LogP contribution is 2.38. The van der Waals surface area contributed by atoms with Crippen molar-refractivity contribution in [1.29, 1.82) is 5.26 Å².